The SMILES string of the molecule is Cc1cccc(OC(=O)c2cccc(S(=O)(=O)N(C)C(C)C)c2)c1. The molecule has 0 radical (unpaired) electrons. The largest absolute Gasteiger partial charge is 0.423 e. The third kappa shape index (κ3) is 4.01. The van der Waals surface area contributed by atoms with E-state index in [0.29, 0.717) is 5.75 Å². The zero-order valence-electron chi connectivity index (χ0n) is 14.2. The van der Waals surface area contributed by atoms with Crippen LogP contribution in [0.1, 0.15) is 29.8 Å². The summed E-state index contributed by atoms with van der Waals surface area (Å²) in [5, 5.41) is 0. The minimum Gasteiger partial charge on any atom is -0.423 e. The van der Waals surface area contributed by atoms with Crippen LogP contribution in [0.4, 0.5) is 0 Å². The summed E-state index contributed by atoms with van der Waals surface area (Å²) in [5.74, 6) is -0.169. The number of nitrogens with zero attached hydrogens (tertiary/aromatic N) is 1. The van der Waals surface area contributed by atoms with Crippen molar-refractivity contribution in [3.63, 3.8) is 0 Å². The third-order valence-corrected chi connectivity index (χ3v) is 5.70. The van der Waals surface area contributed by atoms with Gasteiger partial charge in [0.15, 0.2) is 0 Å². The van der Waals surface area contributed by atoms with E-state index >= 15 is 0 Å². The summed E-state index contributed by atoms with van der Waals surface area (Å²) in [4.78, 5) is 12.3. The van der Waals surface area contributed by atoms with E-state index in [1.54, 1.807) is 32.0 Å². The van der Waals surface area contributed by atoms with Gasteiger partial charge in [0.1, 0.15) is 5.75 Å². The summed E-state index contributed by atoms with van der Waals surface area (Å²) in [6.07, 6.45) is 0. The molecule has 0 spiro atoms. The summed E-state index contributed by atoms with van der Waals surface area (Å²) < 4.78 is 31.6. The molecule has 5 nitrogen and oxygen atoms in total. The first-order valence-corrected chi connectivity index (χ1v) is 9.03. The second-order valence-electron chi connectivity index (χ2n) is 5.85. The molecule has 0 saturated carbocycles. The van der Waals surface area contributed by atoms with Gasteiger partial charge in [0.2, 0.25) is 10.0 Å². The summed E-state index contributed by atoms with van der Waals surface area (Å²) in [5.41, 5.74) is 1.16. The lowest BCUT2D eigenvalue weighted by Gasteiger charge is -2.21. The molecule has 24 heavy (non-hydrogen) atoms. The first kappa shape index (κ1) is 18.2. The Hall–Kier alpha value is -2.18. The maximum atomic E-state index is 12.5. The van der Waals surface area contributed by atoms with Crippen molar-refractivity contribution in [1.29, 1.82) is 0 Å². The van der Waals surface area contributed by atoms with Crippen molar-refractivity contribution in [3.05, 3.63) is 59.7 Å². The van der Waals surface area contributed by atoms with Crippen molar-refractivity contribution in [2.75, 3.05) is 7.05 Å². The molecule has 0 bridgehead atoms. The van der Waals surface area contributed by atoms with E-state index in [1.165, 1.54) is 35.6 Å². The van der Waals surface area contributed by atoms with E-state index in [2.05, 4.69) is 0 Å². The van der Waals surface area contributed by atoms with E-state index in [-0.39, 0.29) is 16.5 Å². The molecule has 0 N–H and O–H groups in total. The molecule has 0 unspecified atom stereocenters. The first-order valence-electron chi connectivity index (χ1n) is 7.59. The second-order valence-corrected chi connectivity index (χ2v) is 7.85. The predicted octanol–water partition coefficient (Wildman–Crippen LogP) is 3.24. The van der Waals surface area contributed by atoms with Gasteiger partial charge in [0.25, 0.3) is 0 Å². The zero-order chi connectivity index (χ0) is 17.9. The highest BCUT2D eigenvalue weighted by Crippen LogP contribution is 2.20. The quantitative estimate of drug-likeness (QED) is 0.615. The maximum absolute atomic E-state index is 12.5. The number of ether oxygens (including phenoxy) is 1. The molecular formula is C18H21NO4S. The van der Waals surface area contributed by atoms with Crippen molar-refractivity contribution >= 4 is 16.0 Å². The number of benzene rings is 2. The number of aryl methyl sites for hydroxylation is 1. The van der Waals surface area contributed by atoms with Crippen LogP contribution in [0.15, 0.2) is 53.4 Å². The molecule has 0 aliphatic rings. The summed E-state index contributed by atoms with van der Waals surface area (Å²) in [6.45, 7) is 5.47. The fraction of sp³-hybridized carbons (Fsp3) is 0.278. The first-order chi connectivity index (χ1) is 11.2. The molecule has 0 amide bonds. The van der Waals surface area contributed by atoms with Gasteiger partial charge in [0, 0.05) is 13.1 Å². The van der Waals surface area contributed by atoms with Gasteiger partial charge in [-0.05, 0) is 56.7 Å². The van der Waals surface area contributed by atoms with E-state index < -0.39 is 16.0 Å². The summed E-state index contributed by atoms with van der Waals surface area (Å²) in [6, 6.07) is 12.8. The number of carbonyl (C=O) groups is 1. The Morgan fingerprint density at radius 2 is 1.75 bits per heavy atom. The molecule has 2 rings (SSSR count). The molecule has 0 aromatic heterocycles. The number of hydrogen-bond donors (Lipinski definition) is 0. The Labute approximate surface area is 142 Å². The molecule has 0 atom stereocenters. The van der Waals surface area contributed by atoms with Gasteiger partial charge in [-0.3, -0.25) is 0 Å². The van der Waals surface area contributed by atoms with Crippen LogP contribution in [0.5, 0.6) is 5.75 Å². The topological polar surface area (TPSA) is 63.7 Å². The van der Waals surface area contributed by atoms with Gasteiger partial charge in [-0.2, -0.15) is 4.31 Å². The highest BCUT2D eigenvalue weighted by molar-refractivity contribution is 7.89. The van der Waals surface area contributed by atoms with E-state index in [0.717, 1.165) is 5.56 Å². The van der Waals surface area contributed by atoms with Crippen LogP contribution in [-0.4, -0.2) is 31.8 Å². The highest BCUT2D eigenvalue weighted by Gasteiger charge is 2.24. The zero-order valence-corrected chi connectivity index (χ0v) is 15.0. The number of carbonyl (C=O) groups excluding carboxylic acids is 1. The van der Waals surface area contributed by atoms with Gasteiger partial charge < -0.3 is 4.74 Å². The Morgan fingerprint density at radius 1 is 1.08 bits per heavy atom. The normalized spacial score (nSPS) is 11.8. The maximum Gasteiger partial charge on any atom is 0.343 e. The van der Waals surface area contributed by atoms with Crippen molar-refractivity contribution in [2.45, 2.75) is 31.7 Å². The minimum absolute atomic E-state index is 0.0670. The average Bonchev–Trinajstić information content (AvgIpc) is 2.54. The van der Waals surface area contributed by atoms with Crippen molar-refractivity contribution in [1.82, 2.24) is 4.31 Å². The predicted molar refractivity (Wildman–Crippen MR) is 92.7 cm³/mol. The Balaban J connectivity index is 2.29. The summed E-state index contributed by atoms with van der Waals surface area (Å²) in [7, 11) is -2.14. The van der Waals surface area contributed by atoms with Gasteiger partial charge in [-0.25, -0.2) is 13.2 Å². The van der Waals surface area contributed by atoms with E-state index in [1.807, 2.05) is 13.0 Å². The van der Waals surface area contributed by atoms with E-state index in [4.69, 9.17) is 4.74 Å². The smallest absolute Gasteiger partial charge is 0.343 e. The van der Waals surface area contributed by atoms with Crippen LogP contribution in [-0.2, 0) is 10.0 Å². The molecule has 0 aliphatic carbocycles. The Bertz CT molecular complexity index is 844. The van der Waals surface area contributed by atoms with Crippen molar-refractivity contribution < 1.29 is 17.9 Å². The highest BCUT2D eigenvalue weighted by atomic mass is 32.2. The number of sulfonamides is 1. The minimum atomic E-state index is -3.65. The summed E-state index contributed by atoms with van der Waals surface area (Å²) >= 11 is 0. The van der Waals surface area contributed by atoms with Crippen LogP contribution in [0, 0.1) is 6.92 Å². The van der Waals surface area contributed by atoms with Crippen LogP contribution in [0.2, 0.25) is 0 Å². The van der Waals surface area contributed by atoms with Gasteiger partial charge in [-0.15, -0.1) is 0 Å². The lowest BCUT2D eigenvalue weighted by Crippen LogP contribution is -2.33. The van der Waals surface area contributed by atoms with Crippen LogP contribution in [0.25, 0.3) is 0 Å². The Kier molecular flexibility index (Phi) is 5.41. The lowest BCUT2D eigenvalue weighted by molar-refractivity contribution is 0.0734. The third-order valence-electron chi connectivity index (χ3n) is 3.67. The molecule has 2 aromatic carbocycles. The molecule has 6 heteroatoms. The molecule has 2 aromatic rings. The van der Waals surface area contributed by atoms with Crippen LogP contribution >= 0.6 is 0 Å². The number of esters is 1. The average molecular weight is 347 g/mol. The molecule has 128 valence electrons. The fourth-order valence-corrected chi connectivity index (χ4v) is 3.49. The molecular weight excluding hydrogens is 326 g/mol. The lowest BCUT2D eigenvalue weighted by atomic mass is 10.2. The van der Waals surface area contributed by atoms with Gasteiger partial charge in [-0.1, -0.05) is 18.2 Å². The number of rotatable bonds is 5. The molecule has 0 aliphatic heterocycles. The van der Waals surface area contributed by atoms with Crippen LogP contribution < -0.4 is 4.74 Å². The molecule has 0 heterocycles. The number of hydrogen-bond acceptors (Lipinski definition) is 4. The Morgan fingerprint density at radius 3 is 2.38 bits per heavy atom. The van der Waals surface area contributed by atoms with E-state index in [9.17, 15) is 13.2 Å². The molecule has 0 fully saturated rings. The standard InChI is InChI=1S/C18H21NO4S/c1-13(2)19(4)24(21,22)17-10-6-8-15(12-17)18(20)23-16-9-5-7-14(3)11-16/h5-13H,1-4H3. The van der Waals surface area contributed by atoms with Gasteiger partial charge >= 0.3 is 5.97 Å². The van der Waals surface area contributed by atoms with Crippen molar-refractivity contribution in [2.24, 2.45) is 0 Å². The van der Waals surface area contributed by atoms with Crippen LogP contribution in [0.3, 0.4) is 0 Å². The van der Waals surface area contributed by atoms with Gasteiger partial charge in [0.05, 0.1) is 10.5 Å². The fourth-order valence-electron chi connectivity index (χ4n) is 2.07. The monoisotopic (exact) mass is 347 g/mol. The van der Waals surface area contributed by atoms with Crippen molar-refractivity contribution in [3.8, 4) is 5.75 Å². The molecule has 0 saturated heterocycles. The second kappa shape index (κ2) is 7.15.